The number of sulfonamides is 1. The topological polar surface area (TPSA) is 112 Å². The first-order valence-corrected chi connectivity index (χ1v) is 10.7. The Hall–Kier alpha value is -3.17. The van der Waals surface area contributed by atoms with Crippen LogP contribution in [0.5, 0.6) is 0 Å². The van der Waals surface area contributed by atoms with Crippen molar-refractivity contribution >= 4 is 21.1 Å². The minimum atomic E-state index is -3.72. The average molecular weight is 410 g/mol. The molecule has 5 rings (SSSR count). The Morgan fingerprint density at radius 1 is 1.07 bits per heavy atom. The highest BCUT2D eigenvalue weighted by molar-refractivity contribution is 7.89. The normalized spacial score (nSPS) is 14.9. The molecule has 8 nitrogen and oxygen atoms in total. The smallest absolute Gasteiger partial charge is 0.323 e. The van der Waals surface area contributed by atoms with Crippen molar-refractivity contribution in [2.75, 3.05) is 6.54 Å². The number of H-pyrrole nitrogens is 2. The van der Waals surface area contributed by atoms with Crippen molar-refractivity contribution in [2.24, 2.45) is 0 Å². The highest BCUT2D eigenvalue weighted by Crippen LogP contribution is 2.27. The van der Waals surface area contributed by atoms with Crippen molar-refractivity contribution in [3.8, 4) is 0 Å². The molecule has 2 aromatic heterocycles. The molecule has 0 radical (unpaired) electrons. The predicted octanol–water partition coefficient (Wildman–Crippen LogP) is 2.18. The summed E-state index contributed by atoms with van der Waals surface area (Å²) >= 11 is 0. The van der Waals surface area contributed by atoms with Crippen molar-refractivity contribution in [2.45, 2.75) is 24.3 Å². The number of nitrogens with zero attached hydrogens (tertiary/aromatic N) is 2. The molecule has 1 aliphatic heterocycles. The SMILES string of the molecule is O=c1[nH]c2ccc(S(=O)(=O)N3CCc4oc(Cc5ccccc5)nc4C3)cc2[nH]1. The van der Waals surface area contributed by atoms with Crippen LogP contribution in [0.15, 0.2) is 62.6 Å². The third kappa shape index (κ3) is 3.28. The summed E-state index contributed by atoms with van der Waals surface area (Å²) in [6.45, 7) is 0.481. The number of benzene rings is 2. The van der Waals surface area contributed by atoms with Crippen molar-refractivity contribution in [3.05, 3.63) is 81.9 Å². The maximum absolute atomic E-state index is 13.1. The van der Waals surface area contributed by atoms with E-state index in [9.17, 15) is 13.2 Å². The van der Waals surface area contributed by atoms with Gasteiger partial charge in [0.05, 0.1) is 28.2 Å². The van der Waals surface area contributed by atoms with Crippen molar-refractivity contribution < 1.29 is 12.8 Å². The lowest BCUT2D eigenvalue weighted by Gasteiger charge is -2.24. The van der Waals surface area contributed by atoms with E-state index < -0.39 is 10.0 Å². The number of aromatic nitrogens is 3. The molecule has 0 spiro atoms. The lowest BCUT2D eigenvalue weighted by molar-refractivity contribution is 0.357. The fourth-order valence-corrected chi connectivity index (χ4v) is 5.03. The lowest BCUT2D eigenvalue weighted by atomic mass is 10.1. The van der Waals surface area contributed by atoms with Crippen LogP contribution in [0.1, 0.15) is 22.9 Å². The molecule has 0 amide bonds. The van der Waals surface area contributed by atoms with Gasteiger partial charge in [-0.05, 0) is 23.8 Å². The molecule has 2 aromatic carbocycles. The fourth-order valence-electron chi connectivity index (χ4n) is 3.60. The second kappa shape index (κ2) is 6.71. The summed E-state index contributed by atoms with van der Waals surface area (Å²) in [7, 11) is -3.72. The van der Waals surface area contributed by atoms with Gasteiger partial charge in [-0.1, -0.05) is 30.3 Å². The molecule has 148 valence electrons. The summed E-state index contributed by atoms with van der Waals surface area (Å²) in [5.74, 6) is 1.33. The highest BCUT2D eigenvalue weighted by atomic mass is 32.2. The van der Waals surface area contributed by atoms with E-state index in [1.54, 1.807) is 6.07 Å². The van der Waals surface area contributed by atoms with E-state index in [4.69, 9.17) is 4.42 Å². The summed E-state index contributed by atoms with van der Waals surface area (Å²) in [5, 5.41) is 0. The number of oxazole rings is 1. The van der Waals surface area contributed by atoms with E-state index in [1.807, 2.05) is 30.3 Å². The largest absolute Gasteiger partial charge is 0.445 e. The van der Waals surface area contributed by atoms with Crippen LogP contribution in [-0.2, 0) is 29.4 Å². The van der Waals surface area contributed by atoms with E-state index in [0.717, 1.165) is 11.3 Å². The third-order valence-corrected chi connectivity index (χ3v) is 6.90. The molecule has 9 heteroatoms. The molecule has 0 bridgehead atoms. The van der Waals surface area contributed by atoms with Crippen LogP contribution >= 0.6 is 0 Å². The number of hydrogen-bond donors (Lipinski definition) is 2. The maximum atomic E-state index is 13.1. The summed E-state index contributed by atoms with van der Waals surface area (Å²) < 4.78 is 33.5. The van der Waals surface area contributed by atoms with Gasteiger partial charge in [-0.15, -0.1) is 0 Å². The zero-order valence-electron chi connectivity index (χ0n) is 15.4. The van der Waals surface area contributed by atoms with Crippen LogP contribution in [-0.4, -0.2) is 34.2 Å². The predicted molar refractivity (Wildman–Crippen MR) is 106 cm³/mol. The van der Waals surface area contributed by atoms with E-state index >= 15 is 0 Å². The number of aromatic amines is 2. The van der Waals surface area contributed by atoms with Gasteiger partial charge in [-0.3, -0.25) is 0 Å². The quantitative estimate of drug-likeness (QED) is 0.536. The highest BCUT2D eigenvalue weighted by Gasteiger charge is 2.31. The number of fused-ring (bicyclic) bond motifs is 2. The maximum Gasteiger partial charge on any atom is 0.323 e. The van der Waals surface area contributed by atoms with Crippen LogP contribution in [0.2, 0.25) is 0 Å². The zero-order valence-corrected chi connectivity index (χ0v) is 16.2. The molecular formula is C20H18N4O4S. The first-order chi connectivity index (χ1) is 14.0. The minimum Gasteiger partial charge on any atom is -0.445 e. The second-order valence-electron chi connectivity index (χ2n) is 7.01. The van der Waals surface area contributed by atoms with Gasteiger partial charge < -0.3 is 14.4 Å². The number of hydrogen-bond acceptors (Lipinski definition) is 5. The van der Waals surface area contributed by atoms with Crippen molar-refractivity contribution in [3.63, 3.8) is 0 Å². The van der Waals surface area contributed by atoms with Crippen LogP contribution in [0, 0.1) is 0 Å². The molecule has 1 aliphatic rings. The number of imidazole rings is 1. The molecule has 4 aromatic rings. The van der Waals surface area contributed by atoms with E-state index in [1.165, 1.54) is 16.4 Å². The van der Waals surface area contributed by atoms with Gasteiger partial charge in [-0.25, -0.2) is 18.2 Å². The van der Waals surface area contributed by atoms with Crippen LogP contribution in [0.25, 0.3) is 11.0 Å². The van der Waals surface area contributed by atoms with E-state index in [2.05, 4.69) is 15.0 Å². The summed E-state index contributed by atoms with van der Waals surface area (Å²) in [6.07, 6.45) is 1.04. The van der Waals surface area contributed by atoms with Gasteiger partial charge in [-0.2, -0.15) is 4.31 Å². The molecule has 3 heterocycles. The van der Waals surface area contributed by atoms with Gasteiger partial charge in [0.25, 0.3) is 0 Å². The molecule has 0 saturated carbocycles. The van der Waals surface area contributed by atoms with E-state index in [-0.39, 0.29) is 17.1 Å². The number of rotatable bonds is 4. The molecule has 0 atom stereocenters. The first kappa shape index (κ1) is 17.9. The summed E-state index contributed by atoms with van der Waals surface area (Å²) in [5.41, 5.74) is 2.40. The standard InChI is InChI=1S/C20H18N4O4S/c25-20-22-15-7-6-14(11-16(15)23-20)29(26,27)24-9-8-18-17(12-24)21-19(28-18)10-13-4-2-1-3-5-13/h1-7,11H,8-10,12H2,(H2,22,23,25). The Bertz CT molecular complexity index is 1350. The van der Waals surface area contributed by atoms with Crippen LogP contribution in [0.4, 0.5) is 0 Å². The van der Waals surface area contributed by atoms with Crippen molar-refractivity contribution in [1.29, 1.82) is 0 Å². The Labute approximate surface area is 166 Å². The van der Waals surface area contributed by atoms with Crippen LogP contribution in [0.3, 0.4) is 0 Å². The first-order valence-electron chi connectivity index (χ1n) is 9.23. The monoisotopic (exact) mass is 410 g/mol. The third-order valence-electron chi connectivity index (χ3n) is 5.06. The number of nitrogens with one attached hydrogen (secondary N) is 2. The zero-order chi connectivity index (χ0) is 20.0. The Morgan fingerprint density at radius 3 is 2.69 bits per heavy atom. The van der Waals surface area contributed by atoms with Crippen molar-refractivity contribution in [1.82, 2.24) is 19.3 Å². The van der Waals surface area contributed by atoms with Gasteiger partial charge in [0, 0.05) is 19.4 Å². The molecule has 0 aliphatic carbocycles. The van der Waals surface area contributed by atoms with E-state index in [0.29, 0.717) is 42.0 Å². The van der Waals surface area contributed by atoms with Gasteiger partial charge in [0.2, 0.25) is 10.0 Å². The lowest BCUT2D eigenvalue weighted by Crippen LogP contribution is -2.35. The molecule has 2 N–H and O–H groups in total. The molecule has 29 heavy (non-hydrogen) atoms. The Kier molecular flexibility index (Phi) is 4.14. The summed E-state index contributed by atoms with van der Waals surface area (Å²) in [4.78, 5) is 21.3. The minimum absolute atomic E-state index is 0.136. The average Bonchev–Trinajstić information content (AvgIpc) is 3.28. The van der Waals surface area contributed by atoms with Crippen LogP contribution < -0.4 is 5.69 Å². The summed E-state index contributed by atoms with van der Waals surface area (Å²) in [6, 6.07) is 14.4. The molecular weight excluding hydrogens is 392 g/mol. The fraction of sp³-hybridized carbons (Fsp3) is 0.200. The molecule has 0 fully saturated rings. The Morgan fingerprint density at radius 2 is 1.86 bits per heavy atom. The molecule has 0 unspecified atom stereocenters. The molecule has 0 saturated heterocycles. The van der Waals surface area contributed by atoms with Gasteiger partial charge >= 0.3 is 5.69 Å². The Balaban J connectivity index is 1.41. The second-order valence-corrected chi connectivity index (χ2v) is 8.95. The van der Waals surface area contributed by atoms with Gasteiger partial charge in [0.1, 0.15) is 5.76 Å². The van der Waals surface area contributed by atoms with Gasteiger partial charge in [0.15, 0.2) is 5.89 Å².